The smallest absolute Gasteiger partial charge is 0.274 e. The average Bonchev–Trinajstić information content (AvgIpc) is 3.02. The highest BCUT2D eigenvalue weighted by Crippen LogP contribution is 2.17. The van der Waals surface area contributed by atoms with Crippen LogP contribution in [0.25, 0.3) is 0 Å². The van der Waals surface area contributed by atoms with Gasteiger partial charge in [-0.1, -0.05) is 30.3 Å². The number of rotatable bonds is 4. The molecule has 1 aliphatic rings. The first-order valence-electron chi connectivity index (χ1n) is 8.33. The van der Waals surface area contributed by atoms with Crippen molar-refractivity contribution in [3.05, 3.63) is 65.4 Å². The van der Waals surface area contributed by atoms with Gasteiger partial charge in [-0.3, -0.25) is 4.90 Å². The van der Waals surface area contributed by atoms with E-state index in [0.717, 1.165) is 31.2 Å². The number of likely N-dealkylation sites (N-methyl/N-ethyl adjacent to an activating group) is 1. The minimum Gasteiger partial charge on any atom is -1.00 e. The lowest BCUT2D eigenvalue weighted by atomic mass is 10.1. The molecular formula is C19H29Cl3IN3O. The molecule has 0 unspecified atom stereocenters. The topological polar surface area (TPSA) is 39.4 Å². The second-order valence-electron chi connectivity index (χ2n) is 6.09. The maximum absolute atomic E-state index is 9.49. The molecule has 0 radical (unpaired) electrons. The van der Waals surface area contributed by atoms with Crippen LogP contribution in [0.5, 0.6) is 0 Å². The van der Waals surface area contributed by atoms with E-state index < -0.39 is 0 Å². The van der Waals surface area contributed by atoms with Crippen LogP contribution in [0.2, 0.25) is 5.15 Å². The summed E-state index contributed by atoms with van der Waals surface area (Å²) in [5, 5.41) is 13.6. The maximum atomic E-state index is 9.49. The average molecular weight is 549 g/mol. The molecule has 1 aromatic heterocycles. The summed E-state index contributed by atoms with van der Waals surface area (Å²) in [7, 11) is 3.90. The van der Waals surface area contributed by atoms with Crippen molar-refractivity contribution < 1.29 is 33.7 Å². The van der Waals surface area contributed by atoms with E-state index in [-0.39, 0.29) is 54.9 Å². The number of pyridine rings is 1. The molecule has 0 bridgehead atoms. The third kappa shape index (κ3) is 10.3. The molecule has 154 valence electrons. The number of aliphatic hydroxyl groups excluding tert-OH is 1. The number of benzene rings is 1. The molecule has 0 aliphatic carbocycles. The molecule has 8 heteroatoms. The Labute approximate surface area is 197 Å². The fourth-order valence-corrected chi connectivity index (χ4v) is 2.92. The van der Waals surface area contributed by atoms with E-state index in [9.17, 15) is 5.11 Å². The third-order valence-corrected chi connectivity index (χ3v) is 4.62. The van der Waals surface area contributed by atoms with Crippen molar-refractivity contribution in [2.45, 2.75) is 18.6 Å². The van der Waals surface area contributed by atoms with E-state index in [2.05, 4.69) is 34.5 Å². The summed E-state index contributed by atoms with van der Waals surface area (Å²) >= 11 is 5.67. The van der Waals surface area contributed by atoms with Crippen LogP contribution < -0.4 is 33.9 Å². The molecule has 1 fully saturated rings. The number of aliphatic hydroxyl groups is 1. The van der Waals surface area contributed by atoms with Crippen LogP contribution in [0.3, 0.4) is 0 Å². The van der Waals surface area contributed by atoms with Gasteiger partial charge in [0.2, 0.25) is 0 Å². The molecule has 1 aliphatic heterocycles. The van der Waals surface area contributed by atoms with Gasteiger partial charge in [0.05, 0.1) is 6.10 Å². The lowest BCUT2D eigenvalue weighted by Gasteiger charge is -2.23. The van der Waals surface area contributed by atoms with Crippen LogP contribution in [0, 0.1) is 0 Å². The first kappa shape index (κ1) is 29.1. The summed E-state index contributed by atoms with van der Waals surface area (Å²) < 4.78 is 1.85. The predicted octanol–water partition coefficient (Wildman–Crippen LogP) is 0.0258. The van der Waals surface area contributed by atoms with E-state index >= 15 is 0 Å². The molecule has 4 nitrogen and oxygen atoms in total. The molecule has 2 heterocycles. The highest BCUT2D eigenvalue weighted by molar-refractivity contribution is 6.28. The summed E-state index contributed by atoms with van der Waals surface area (Å²) in [6.07, 6.45) is 2.68. The van der Waals surface area contributed by atoms with Crippen LogP contribution in [0.15, 0.2) is 54.7 Å². The van der Waals surface area contributed by atoms with E-state index in [1.54, 1.807) is 0 Å². The Morgan fingerprint density at radius 2 is 1.81 bits per heavy atom. The second-order valence-corrected chi connectivity index (χ2v) is 6.48. The lowest BCUT2D eigenvalue weighted by molar-refractivity contribution is -0.669. The molecule has 2 atom stereocenters. The van der Waals surface area contributed by atoms with Gasteiger partial charge >= 0.3 is 0 Å². The van der Waals surface area contributed by atoms with E-state index in [0.29, 0.717) is 6.04 Å². The van der Waals surface area contributed by atoms with Crippen molar-refractivity contribution in [3.63, 3.8) is 0 Å². The van der Waals surface area contributed by atoms with Gasteiger partial charge in [0.15, 0.2) is 6.20 Å². The van der Waals surface area contributed by atoms with Crippen molar-refractivity contribution in [1.82, 2.24) is 10.2 Å². The molecule has 1 aromatic carbocycles. The maximum Gasteiger partial charge on any atom is 0.274 e. The fraction of sp³-hybridized carbons (Fsp3) is 0.421. The summed E-state index contributed by atoms with van der Waals surface area (Å²) in [6, 6.07) is 16.5. The molecule has 0 saturated carbocycles. The first-order valence-corrected chi connectivity index (χ1v) is 8.70. The van der Waals surface area contributed by atoms with Crippen molar-refractivity contribution in [3.8, 4) is 0 Å². The van der Waals surface area contributed by atoms with Crippen molar-refractivity contribution >= 4 is 36.4 Å². The van der Waals surface area contributed by atoms with Crippen molar-refractivity contribution in [2.24, 2.45) is 7.05 Å². The summed E-state index contributed by atoms with van der Waals surface area (Å²) in [5.74, 6) is 0. The SMILES string of the molecule is CN[C@H](CN1CC[C@H](O)C1)c1ccccc1.C[n+]1ccccc1Cl.Cl.Cl.[I-]. The van der Waals surface area contributed by atoms with E-state index in [1.165, 1.54) is 5.56 Å². The minimum absolute atomic E-state index is 0. The quantitative estimate of drug-likeness (QED) is 0.322. The van der Waals surface area contributed by atoms with Gasteiger partial charge in [-0.05, 0) is 36.7 Å². The zero-order valence-electron chi connectivity index (χ0n) is 15.6. The Morgan fingerprint density at radius 1 is 1.19 bits per heavy atom. The second kappa shape index (κ2) is 15.7. The molecule has 0 spiro atoms. The molecule has 3 rings (SSSR count). The van der Waals surface area contributed by atoms with Crippen molar-refractivity contribution in [2.75, 3.05) is 26.7 Å². The highest BCUT2D eigenvalue weighted by atomic mass is 127. The molecule has 2 aromatic rings. The standard InChI is InChI=1S/C13H20N2O.C6H7ClN.2ClH.HI/c1-14-13(11-5-3-2-4-6-11)10-15-8-7-12(16)9-15;1-8-5-3-2-4-6(8)7;;;/h2-6,12-14,16H,7-10H2,1H3;2-5H,1H3;3*1H/q;+1;;;/p-1/t12-,13+;;;;/m0..../s1. The third-order valence-electron chi connectivity index (χ3n) is 4.23. The van der Waals surface area contributed by atoms with Crippen LogP contribution in [0.1, 0.15) is 18.0 Å². The number of aryl methyl sites for hydroxylation is 1. The van der Waals surface area contributed by atoms with Crippen molar-refractivity contribution in [1.29, 1.82) is 0 Å². The lowest BCUT2D eigenvalue weighted by Crippen LogP contribution is -3.00. The Balaban J connectivity index is 0. The first-order chi connectivity index (χ1) is 11.6. The Bertz CT molecular complexity index is 601. The zero-order chi connectivity index (χ0) is 17.4. The molecule has 1 saturated heterocycles. The summed E-state index contributed by atoms with van der Waals surface area (Å²) in [6.45, 7) is 2.79. The molecule has 0 amide bonds. The number of aromatic nitrogens is 1. The van der Waals surface area contributed by atoms with Gasteiger partial charge in [0.1, 0.15) is 7.05 Å². The van der Waals surface area contributed by atoms with E-state index in [4.69, 9.17) is 11.6 Å². The van der Waals surface area contributed by atoms with Gasteiger partial charge in [0.25, 0.3) is 5.15 Å². The normalized spacial score (nSPS) is 16.7. The van der Waals surface area contributed by atoms with Crippen LogP contribution in [0.4, 0.5) is 0 Å². The minimum atomic E-state index is -0.131. The van der Waals surface area contributed by atoms with Crippen LogP contribution >= 0.6 is 36.4 Å². The Kier molecular flexibility index (Phi) is 16.9. The Morgan fingerprint density at radius 3 is 2.26 bits per heavy atom. The Hall–Kier alpha value is -0.150. The van der Waals surface area contributed by atoms with Gasteiger partial charge in [-0.25, -0.2) is 0 Å². The monoisotopic (exact) mass is 547 g/mol. The number of β-amino-alcohol motifs (C(OH)–C–C–N with tert-alkyl or cyclic N) is 1. The zero-order valence-corrected chi connectivity index (χ0v) is 20.1. The van der Waals surface area contributed by atoms with Gasteiger partial charge in [0, 0.05) is 37.8 Å². The van der Waals surface area contributed by atoms with E-state index in [1.807, 2.05) is 49.1 Å². The number of nitrogens with one attached hydrogen (secondary N) is 1. The highest BCUT2D eigenvalue weighted by Gasteiger charge is 2.22. The van der Waals surface area contributed by atoms with Crippen LogP contribution in [-0.4, -0.2) is 42.8 Å². The number of halogens is 4. The van der Waals surface area contributed by atoms with Crippen LogP contribution in [-0.2, 0) is 7.05 Å². The predicted molar refractivity (Wildman–Crippen MR) is 112 cm³/mol. The summed E-state index contributed by atoms with van der Waals surface area (Å²) in [5.41, 5.74) is 1.31. The molecule has 27 heavy (non-hydrogen) atoms. The number of hydrogen-bond acceptors (Lipinski definition) is 3. The number of nitrogens with zero attached hydrogens (tertiary/aromatic N) is 2. The molecule has 2 N–H and O–H groups in total. The number of likely N-dealkylation sites (tertiary alicyclic amines) is 1. The van der Waals surface area contributed by atoms with Gasteiger partial charge in [-0.2, -0.15) is 4.57 Å². The molecular weight excluding hydrogens is 519 g/mol. The summed E-state index contributed by atoms with van der Waals surface area (Å²) in [4.78, 5) is 2.32. The fourth-order valence-electron chi connectivity index (χ4n) is 2.79. The van der Waals surface area contributed by atoms with Gasteiger partial charge in [-0.15, -0.1) is 24.8 Å². The largest absolute Gasteiger partial charge is 1.00 e. The van der Waals surface area contributed by atoms with Gasteiger partial charge < -0.3 is 34.4 Å². The number of hydrogen-bond donors (Lipinski definition) is 2.